The average molecular weight is 264 g/mol. The lowest BCUT2D eigenvalue weighted by atomic mass is 10.3. The predicted octanol–water partition coefficient (Wildman–Crippen LogP) is 2.36. The summed E-state index contributed by atoms with van der Waals surface area (Å²) in [5, 5.41) is 6.45. The maximum atomic E-state index is 5.61. The van der Waals surface area contributed by atoms with Gasteiger partial charge in [0.15, 0.2) is 0 Å². The molecule has 0 bridgehead atoms. The Morgan fingerprint density at radius 1 is 1.21 bits per heavy atom. The van der Waals surface area contributed by atoms with E-state index in [2.05, 4.69) is 20.6 Å². The first-order valence-corrected chi connectivity index (χ1v) is 7.05. The van der Waals surface area contributed by atoms with E-state index in [4.69, 9.17) is 4.74 Å². The molecule has 5 nitrogen and oxygen atoms in total. The van der Waals surface area contributed by atoms with Crippen LogP contribution < -0.4 is 10.6 Å². The van der Waals surface area contributed by atoms with Crippen molar-refractivity contribution in [1.82, 2.24) is 9.97 Å². The third kappa shape index (κ3) is 4.35. The van der Waals surface area contributed by atoms with Gasteiger partial charge in [-0.15, -0.1) is 0 Å². The van der Waals surface area contributed by atoms with Crippen LogP contribution in [0.5, 0.6) is 0 Å². The van der Waals surface area contributed by atoms with Crippen LogP contribution in [0.3, 0.4) is 0 Å². The maximum Gasteiger partial charge on any atom is 0.134 e. The van der Waals surface area contributed by atoms with Gasteiger partial charge in [-0.05, 0) is 39.0 Å². The molecule has 2 N–H and O–H groups in total. The lowest BCUT2D eigenvalue weighted by Gasteiger charge is -2.12. The quantitative estimate of drug-likeness (QED) is 0.706. The Labute approximate surface area is 115 Å². The number of anilines is 2. The van der Waals surface area contributed by atoms with Gasteiger partial charge in [-0.25, -0.2) is 9.97 Å². The predicted molar refractivity (Wildman–Crippen MR) is 77.7 cm³/mol. The summed E-state index contributed by atoms with van der Waals surface area (Å²) in [6.07, 6.45) is 3.71. The number of hydrogen-bond donors (Lipinski definition) is 2. The van der Waals surface area contributed by atoms with E-state index in [9.17, 15) is 0 Å². The van der Waals surface area contributed by atoms with Gasteiger partial charge in [0.25, 0.3) is 0 Å². The number of hydrogen-bond acceptors (Lipinski definition) is 5. The lowest BCUT2D eigenvalue weighted by Crippen LogP contribution is -2.11. The molecule has 0 aromatic carbocycles. The zero-order valence-corrected chi connectivity index (χ0v) is 12.1. The SMILES string of the molecule is CNc1nc(C)nc(NCCCOCC2CC2)c1C. The van der Waals surface area contributed by atoms with Crippen LogP contribution in [-0.2, 0) is 4.74 Å². The molecule has 0 saturated heterocycles. The van der Waals surface area contributed by atoms with Crippen LogP contribution in [0, 0.1) is 19.8 Å². The van der Waals surface area contributed by atoms with Crippen molar-refractivity contribution in [1.29, 1.82) is 0 Å². The Morgan fingerprint density at radius 2 is 1.95 bits per heavy atom. The Balaban J connectivity index is 1.73. The molecular weight excluding hydrogens is 240 g/mol. The Bertz CT molecular complexity index is 418. The van der Waals surface area contributed by atoms with Crippen LogP contribution >= 0.6 is 0 Å². The molecule has 1 aliphatic rings. The van der Waals surface area contributed by atoms with E-state index < -0.39 is 0 Å². The molecule has 1 saturated carbocycles. The van der Waals surface area contributed by atoms with Gasteiger partial charge in [0, 0.05) is 32.4 Å². The normalized spacial score (nSPS) is 14.5. The average Bonchev–Trinajstić information content (AvgIpc) is 3.21. The highest BCUT2D eigenvalue weighted by Crippen LogP contribution is 2.28. The van der Waals surface area contributed by atoms with Crippen molar-refractivity contribution in [3.8, 4) is 0 Å². The van der Waals surface area contributed by atoms with Crippen LogP contribution in [-0.4, -0.2) is 36.8 Å². The summed E-state index contributed by atoms with van der Waals surface area (Å²) < 4.78 is 5.61. The summed E-state index contributed by atoms with van der Waals surface area (Å²) in [4.78, 5) is 8.78. The van der Waals surface area contributed by atoms with E-state index in [1.54, 1.807) is 0 Å². The minimum Gasteiger partial charge on any atom is -0.381 e. The van der Waals surface area contributed by atoms with Gasteiger partial charge >= 0.3 is 0 Å². The van der Waals surface area contributed by atoms with E-state index in [0.717, 1.165) is 55.1 Å². The van der Waals surface area contributed by atoms with E-state index in [0.29, 0.717) is 0 Å². The first kappa shape index (κ1) is 14.1. The largest absolute Gasteiger partial charge is 0.381 e. The molecular formula is C14H24N4O. The summed E-state index contributed by atoms with van der Waals surface area (Å²) in [5.41, 5.74) is 1.06. The molecule has 0 atom stereocenters. The topological polar surface area (TPSA) is 59.1 Å². The lowest BCUT2D eigenvalue weighted by molar-refractivity contribution is 0.124. The van der Waals surface area contributed by atoms with Crippen molar-refractivity contribution in [2.75, 3.05) is 37.4 Å². The molecule has 0 radical (unpaired) electrons. The zero-order chi connectivity index (χ0) is 13.7. The second-order valence-corrected chi connectivity index (χ2v) is 5.14. The molecule has 19 heavy (non-hydrogen) atoms. The zero-order valence-electron chi connectivity index (χ0n) is 12.1. The second-order valence-electron chi connectivity index (χ2n) is 5.14. The third-order valence-corrected chi connectivity index (χ3v) is 3.30. The van der Waals surface area contributed by atoms with Crippen LogP contribution in [0.1, 0.15) is 30.7 Å². The maximum absolute atomic E-state index is 5.61. The van der Waals surface area contributed by atoms with Gasteiger partial charge in [0.1, 0.15) is 17.5 Å². The van der Waals surface area contributed by atoms with Crippen LogP contribution in [0.2, 0.25) is 0 Å². The number of rotatable bonds is 8. The Hall–Kier alpha value is -1.36. The molecule has 0 spiro atoms. The molecule has 0 aliphatic heterocycles. The van der Waals surface area contributed by atoms with Crippen LogP contribution in [0.4, 0.5) is 11.6 Å². The molecule has 0 amide bonds. The summed E-state index contributed by atoms with van der Waals surface area (Å²) in [5.74, 6) is 3.43. The highest BCUT2D eigenvalue weighted by molar-refractivity contribution is 5.56. The number of aryl methyl sites for hydroxylation is 1. The van der Waals surface area contributed by atoms with Crippen molar-refractivity contribution >= 4 is 11.6 Å². The smallest absolute Gasteiger partial charge is 0.134 e. The second kappa shape index (κ2) is 6.70. The van der Waals surface area contributed by atoms with Crippen LogP contribution in [0.25, 0.3) is 0 Å². The van der Waals surface area contributed by atoms with E-state index >= 15 is 0 Å². The molecule has 1 aromatic heterocycles. The molecule has 1 aromatic rings. The van der Waals surface area contributed by atoms with Gasteiger partial charge in [-0.3, -0.25) is 0 Å². The van der Waals surface area contributed by atoms with E-state index in [1.807, 2.05) is 20.9 Å². The number of nitrogens with zero attached hydrogens (tertiary/aromatic N) is 2. The fraction of sp³-hybridized carbons (Fsp3) is 0.714. The highest BCUT2D eigenvalue weighted by Gasteiger charge is 2.20. The van der Waals surface area contributed by atoms with Gasteiger partial charge in [0.05, 0.1) is 0 Å². The number of aromatic nitrogens is 2. The molecule has 5 heteroatoms. The van der Waals surface area contributed by atoms with Crippen molar-refractivity contribution < 1.29 is 4.74 Å². The van der Waals surface area contributed by atoms with Crippen molar-refractivity contribution in [3.63, 3.8) is 0 Å². The molecule has 1 heterocycles. The molecule has 0 unspecified atom stereocenters. The van der Waals surface area contributed by atoms with Gasteiger partial charge < -0.3 is 15.4 Å². The standard InChI is InChI=1S/C14H24N4O/c1-10-13(15-3)17-11(2)18-14(10)16-7-4-8-19-9-12-5-6-12/h12H,4-9H2,1-3H3,(H2,15,16,17,18). The van der Waals surface area contributed by atoms with Crippen molar-refractivity contribution in [2.24, 2.45) is 5.92 Å². The first-order chi connectivity index (χ1) is 9.20. The minimum absolute atomic E-state index is 0.780. The summed E-state index contributed by atoms with van der Waals surface area (Å²) >= 11 is 0. The van der Waals surface area contributed by atoms with Crippen LogP contribution in [0.15, 0.2) is 0 Å². The minimum atomic E-state index is 0.780. The molecule has 2 rings (SSSR count). The fourth-order valence-electron chi connectivity index (χ4n) is 1.96. The molecule has 106 valence electrons. The Kier molecular flexibility index (Phi) is 4.96. The molecule has 1 aliphatic carbocycles. The van der Waals surface area contributed by atoms with E-state index in [-0.39, 0.29) is 0 Å². The fourth-order valence-corrected chi connectivity index (χ4v) is 1.96. The van der Waals surface area contributed by atoms with Crippen molar-refractivity contribution in [2.45, 2.75) is 33.1 Å². The van der Waals surface area contributed by atoms with E-state index in [1.165, 1.54) is 12.8 Å². The summed E-state index contributed by atoms with van der Waals surface area (Å²) in [6.45, 7) is 6.58. The Morgan fingerprint density at radius 3 is 2.63 bits per heavy atom. The number of nitrogens with one attached hydrogen (secondary N) is 2. The van der Waals surface area contributed by atoms with Gasteiger partial charge in [-0.2, -0.15) is 0 Å². The summed E-state index contributed by atoms with van der Waals surface area (Å²) in [6, 6.07) is 0. The molecule has 1 fully saturated rings. The van der Waals surface area contributed by atoms with Gasteiger partial charge in [-0.1, -0.05) is 0 Å². The van der Waals surface area contributed by atoms with Gasteiger partial charge in [0.2, 0.25) is 0 Å². The first-order valence-electron chi connectivity index (χ1n) is 7.05. The summed E-state index contributed by atoms with van der Waals surface area (Å²) in [7, 11) is 1.88. The monoisotopic (exact) mass is 264 g/mol. The third-order valence-electron chi connectivity index (χ3n) is 3.30. The van der Waals surface area contributed by atoms with Crippen molar-refractivity contribution in [3.05, 3.63) is 11.4 Å². The highest BCUT2D eigenvalue weighted by atomic mass is 16.5. The number of ether oxygens (including phenoxy) is 1.